The third kappa shape index (κ3) is 4.39. The molecule has 0 bridgehead atoms. The van der Waals surface area contributed by atoms with Gasteiger partial charge in [-0.3, -0.25) is 9.67 Å². The Morgan fingerprint density at radius 3 is 2.81 bits per heavy atom. The summed E-state index contributed by atoms with van der Waals surface area (Å²) in [7, 11) is 0. The van der Waals surface area contributed by atoms with Gasteiger partial charge < -0.3 is 5.32 Å². The molecule has 2 rings (SSSR count). The van der Waals surface area contributed by atoms with Crippen LogP contribution in [0.5, 0.6) is 0 Å². The summed E-state index contributed by atoms with van der Waals surface area (Å²) in [6, 6.07) is 6.99. The normalized spacial score (nSPS) is 14.0. The summed E-state index contributed by atoms with van der Waals surface area (Å²) in [4.78, 5) is 4.24. The molecule has 4 heteroatoms. The van der Waals surface area contributed by atoms with E-state index in [9.17, 15) is 0 Å². The maximum absolute atomic E-state index is 4.71. The molecule has 0 saturated heterocycles. The summed E-state index contributed by atoms with van der Waals surface area (Å²) in [5.74, 6) is 0. The van der Waals surface area contributed by atoms with Gasteiger partial charge in [0, 0.05) is 37.1 Å². The molecule has 0 radical (unpaired) electrons. The van der Waals surface area contributed by atoms with Crippen molar-refractivity contribution < 1.29 is 0 Å². The molecule has 4 nitrogen and oxygen atoms in total. The number of hydrogen-bond donors (Lipinski definition) is 1. The quantitative estimate of drug-likeness (QED) is 0.807. The molecule has 0 aromatic carbocycles. The molecule has 0 aliphatic carbocycles. The lowest BCUT2D eigenvalue weighted by Crippen LogP contribution is -2.24. The van der Waals surface area contributed by atoms with Crippen LogP contribution in [0.25, 0.3) is 0 Å². The van der Waals surface area contributed by atoms with Crippen LogP contribution in [0.2, 0.25) is 0 Å². The second-order valence-electron chi connectivity index (χ2n) is 5.54. The van der Waals surface area contributed by atoms with E-state index in [0.29, 0.717) is 6.04 Å². The zero-order valence-corrected chi connectivity index (χ0v) is 13.3. The van der Waals surface area contributed by atoms with Crippen molar-refractivity contribution in [2.45, 2.75) is 52.1 Å². The standard InChI is InChI=1S/C17H26N4/c1-4-9-19-17(15-7-6-10-18-13-15)12-16-8-11-21(20-16)14(3)5-2/h6-8,10-11,13-14,17,19H,4-5,9,12H2,1-3H3. The van der Waals surface area contributed by atoms with Gasteiger partial charge in [-0.15, -0.1) is 0 Å². The highest BCUT2D eigenvalue weighted by Gasteiger charge is 2.14. The second-order valence-corrected chi connectivity index (χ2v) is 5.54. The van der Waals surface area contributed by atoms with E-state index < -0.39 is 0 Å². The van der Waals surface area contributed by atoms with Crippen molar-refractivity contribution >= 4 is 0 Å². The van der Waals surface area contributed by atoms with Gasteiger partial charge in [0.25, 0.3) is 0 Å². The van der Waals surface area contributed by atoms with Gasteiger partial charge in [0.05, 0.1) is 5.69 Å². The summed E-state index contributed by atoms with van der Waals surface area (Å²) in [6.45, 7) is 7.58. The minimum Gasteiger partial charge on any atom is -0.310 e. The highest BCUT2D eigenvalue weighted by atomic mass is 15.3. The van der Waals surface area contributed by atoms with Crippen molar-refractivity contribution in [3.8, 4) is 0 Å². The Morgan fingerprint density at radius 2 is 2.14 bits per heavy atom. The Balaban J connectivity index is 2.09. The molecule has 2 aromatic rings. The molecule has 2 unspecified atom stereocenters. The fourth-order valence-corrected chi connectivity index (χ4v) is 2.34. The summed E-state index contributed by atoms with van der Waals surface area (Å²) >= 11 is 0. The van der Waals surface area contributed by atoms with Crippen LogP contribution in [0.3, 0.4) is 0 Å². The van der Waals surface area contributed by atoms with E-state index in [1.165, 1.54) is 5.56 Å². The molecule has 21 heavy (non-hydrogen) atoms. The van der Waals surface area contributed by atoms with Gasteiger partial charge in [-0.25, -0.2) is 0 Å². The molecular formula is C17H26N4. The molecule has 114 valence electrons. The highest BCUT2D eigenvalue weighted by molar-refractivity contribution is 5.17. The van der Waals surface area contributed by atoms with E-state index in [4.69, 9.17) is 5.10 Å². The van der Waals surface area contributed by atoms with Gasteiger partial charge in [0.15, 0.2) is 0 Å². The summed E-state index contributed by atoms with van der Waals surface area (Å²) in [5.41, 5.74) is 2.36. The minimum absolute atomic E-state index is 0.277. The van der Waals surface area contributed by atoms with Gasteiger partial charge in [-0.1, -0.05) is 19.9 Å². The maximum Gasteiger partial charge on any atom is 0.0643 e. The number of pyridine rings is 1. The zero-order valence-electron chi connectivity index (χ0n) is 13.3. The summed E-state index contributed by atoms with van der Waals surface area (Å²) in [5, 5.41) is 8.31. The SMILES string of the molecule is CCCNC(Cc1ccn(C(C)CC)n1)c1cccnc1. The number of aromatic nitrogens is 3. The first kappa shape index (κ1) is 15.7. The molecule has 0 saturated carbocycles. The van der Waals surface area contributed by atoms with Crippen molar-refractivity contribution in [1.29, 1.82) is 0 Å². The number of nitrogens with one attached hydrogen (secondary N) is 1. The maximum atomic E-state index is 4.71. The van der Waals surface area contributed by atoms with Crippen LogP contribution in [0.15, 0.2) is 36.8 Å². The van der Waals surface area contributed by atoms with Crippen LogP contribution >= 0.6 is 0 Å². The highest BCUT2D eigenvalue weighted by Crippen LogP contribution is 2.18. The molecule has 0 fully saturated rings. The Kier molecular flexibility index (Phi) is 5.93. The van der Waals surface area contributed by atoms with E-state index >= 15 is 0 Å². The fourth-order valence-electron chi connectivity index (χ4n) is 2.34. The predicted octanol–water partition coefficient (Wildman–Crippen LogP) is 3.53. The van der Waals surface area contributed by atoms with E-state index in [2.05, 4.69) is 54.1 Å². The molecule has 2 heterocycles. The molecule has 1 N–H and O–H groups in total. The van der Waals surface area contributed by atoms with Gasteiger partial charge >= 0.3 is 0 Å². The Morgan fingerprint density at radius 1 is 1.29 bits per heavy atom. The zero-order chi connectivity index (χ0) is 15.1. The molecule has 0 spiro atoms. The first-order valence-corrected chi connectivity index (χ1v) is 7.91. The van der Waals surface area contributed by atoms with Crippen LogP contribution in [0.1, 0.15) is 57.0 Å². The van der Waals surface area contributed by atoms with Crippen LogP contribution in [-0.4, -0.2) is 21.3 Å². The minimum atomic E-state index is 0.277. The summed E-state index contributed by atoms with van der Waals surface area (Å²) in [6.07, 6.45) is 8.97. The molecule has 2 atom stereocenters. The van der Waals surface area contributed by atoms with E-state index in [-0.39, 0.29) is 6.04 Å². The van der Waals surface area contributed by atoms with Crippen molar-refractivity contribution in [1.82, 2.24) is 20.1 Å². The molecule has 0 amide bonds. The van der Waals surface area contributed by atoms with Crippen LogP contribution in [0.4, 0.5) is 0 Å². The van der Waals surface area contributed by atoms with Crippen molar-refractivity contribution in [2.75, 3.05) is 6.54 Å². The van der Waals surface area contributed by atoms with Crippen LogP contribution in [0, 0.1) is 0 Å². The van der Waals surface area contributed by atoms with E-state index in [1.54, 1.807) is 0 Å². The van der Waals surface area contributed by atoms with E-state index in [1.807, 2.05) is 18.5 Å². The van der Waals surface area contributed by atoms with Crippen LogP contribution in [-0.2, 0) is 6.42 Å². The number of hydrogen-bond acceptors (Lipinski definition) is 3. The number of nitrogens with zero attached hydrogens (tertiary/aromatic N) is 3. The Bertz CT molecular complexity index is 521. The predicted molar refractivity (Wildman–Crippen MR) is 86.2 cm³/mol. The van der Waals surface area contributed by atoms with Gasteiger partial charge in [0.1, 0.15) is 0 Å². The van der Waals surface area contributed by atoms with Gasteiger partial charge in [0.2, 0.25) is 0 Å². The largest absolute Gasteiger partial charge is 0.310 e. The van der Waals surface area contributed by atoms with Crippen molar-refractivity contribution in [3.63, 3.8) is 0 Å². The monoisotopic (exact) mass is 286 g/mol. The molecule has 2 aromatic heterocycles. The molecule has 0 aliphatic heterocycles. The third-order valence-corrected chi connectivity index (χ3v) is 3.85. The first-order chi connectivity index (χ1) is 10.2. The Hall–Kier alpha value is -1.68. The molecule has 0 aliphatic rings. The van der Waals surface area contributed by atoms with Gasteiger partial charge in [-0.2, -0.15) is 5.10 Å². The lowest BCUT2D eigenvalue weighted by atomic mass is 10.0. The second kappa shape index (κ2) is 7.93. The summed E-state index contributed by atoms with van der Waals surface area (Å²) < 4.78 is 2.06. The van der Waals surface area contributed by atoms with Gasteiger partial charge in [-0.05, 0) is 44.0 Å². The first-order valence-electron chi connectivity index (χ1n) is 7.91. The number of rotatable bonds is 8. The van der Waals surface area contributed by atoms with Crippen molar-refractivity contribution in [3.05, 3.63) is 48.0 Å². The average molecular weight is 286 g/mol. The third-order valence-electron chi connectivity index (χ3n) is 3.85. The smallest absolute Gasteiger partial charge is 0.0643 e. The Labute approximate surface area is 127 Å². The topological polar surface area (TPSA) is 42.7 Å². The van der Waals surface area contributed by atoms with Crippen LogP contribution < -0.4 is 5.32 Å². The van der Waals surface area contributed by atoms with Crippen molar-refractivity contribution in [2.24, 2.45) is 0 Å². The average Bonchev–Trinajstić information content (AvgIpc) is 3.00. The fraction of sp³-hybridized carbons (Fsp3) is 0.529. The molecular weight excluding hydrogens is 260 g/mol. The lowest BCUT2D eigenvalue weighted by molar-refractivity contribution is 0.465. The lowest BCUT2D eigenvalue weighted by Gasteiger charge is -2.17. The van der Waals surface area contributed by atoms with E-state index in [0.717, 1.165) is 31.5 Å².